The van der Waals surface area contributed by atoms with E-state index >= 15 is 0 Å². The van der Waals surface area contributed by atoms with Crippen molar-refractivity contribution in [1.29, 1.82) is 0 Å². The van der Waals surface area contributed by atoms with E-state index in [0.29, 0.717) is 0 Å². The van der Waals surface area contributed by atoms with Crippen molar-refractivity contribution in [2.75, 3.05) is 19.8 Å². The number of benzene rings is 1. The van der Waals surface area contributed by atoms with E-state index in [1.54, 1.807) is 0 Å². The maximum Gasteiger partial charge on any atom is 0.203 e. The van der Waals surface area contributed by atoms with Crippen molar-refractivity contribution in [2.45, 2.75) is 226 Å². The van der Waals surface area contributed by atoms with Gasteiger partial charge in [-0.25, -0.2) is 0 Å². The van der Waals surface area contributed by atoms with Crippen LogP contribution < -0.4 is 14.2 Å². The van der Waals surface area contributed by atoms with Crippen LogP contribution in [0.1, 0.15) is 225 Å². The predicted octanol–water partition coefficient (Wildman–Crippen LogP) is 15.4. The molecule has 0 saturated carbocycles. The Labute approximate surface area is 301 Å². The van der Waals surface area contributed by atoms with Crippen LogP contribution in [0.2, 0.25) is 0 Å². The van der Waals surface area contributed by atoms with E-state index in [4.69, 9.17) is 14.2 Å². The van der Waals surface area contributed by atoms with E-state index in [9.17, 15) is 0 Å². The lowest BCUT2D eigenvalue weighted by Crippen LogP contribution is -2.07. The van der Waals surface area contributed by atoms with Crippen molar-refractivity contribution < 1.29 is 14.2 Å². The first kappa shape index (κ1) is 44.6. The quantitative estimate of drug-likeness (QED) is 0.0655. The molecule has 0 aliphatic carbocycles. The van der Waals surface area contributed by atoms with Gasteiger partial charge >= 0.3 is 0 Å². The van der Waals surface area contributed by atoms with Crippen LogP contribution in [-0.2, 0) is 6.42 Å². The van der Waals surface area contributed by atoms with Gasteiger partial charge in [0, 0.05) is 0 Å². The summed E-state index contributed by atoms with van der Waals surface area (Å²) < 4.78 is 19.4. The van der Waals surface area contributed by atoms with Crippen LogP contribution in [0.5, 0.6) is 17.2 Å². The summed E-state index contributed by atoms with van der Waals surface area (Å²) in [6.45, 7) is 13.2. The average Bonchev–Trinajstić information content (AvgIpc) is 3.09. The monoisotopic (exact) mass is 672 g/mol. The van der Waals surface area contributed by atoms with Crippen molar-refractivity contribution >= 4 is 0 Å². The molecule has 0 fully saturated rings. The molecule has 1 aromatic carbocycles. The van der Waals surface area contributed by atoms with Crippen molar-refractivity contribution in [3.63, 3.8) is 0 Å². The summed E-state index contributed by atoms with van der Waals surface area (Å²) in [5.41, 5.74) is 1.24. The lowest BCUT2D eigenvalue weighted by atomic mass is 10.1. The van der Waals surface area contributed by atoms with Crippen LogP contribution in [0.4, 0.5) is 0 Å². The first-order chi connectivity index (χ1) is 23.8. The van der Waals surface area contributed by atoms with Gasteiger partial charge in [-0.2, -0.15) is 0 Å². The second kappa shape index (κ2) is 35.4. The second-order valence-corrected chi connectivity index (χ2v) is 14.6. The molecule has 0 N–H and O–H groups in total. The Morgan fingerprint density at radius 3 is 0.938 bits per heavy atom. The maximum absolute atomic E-state index is 6.51. The molecule has 0 spiro atoms. The highest BCUT2D eigenvalue weighted by Crippen LogP contribution is 2.40. The van der Waals surface area contributed by atoms with E-state index in [-0.39, 0.29) is 0 Å². The molecule has 0 saturated heterocycles. The molecule has 0 atom stereocenters. The van der Waals surface area contributed by atoms with Crippen LogP contribution in [0.25, 0.3) is 0 Å². The standard InChI is InChI=1S/C45H83O3/c1-5-9-12-15-18-21-24-27-30-33-37-46-43-40-42(36-8-4)41-44(47-38-34-31-28-25-22-19-16-13-10-6-2)45(43)48-39-35-32-29-26-23-20-17-14-11-7-3/h40-41H,4-39H2,1-3H3. The zero-order chi connectivity index (χ0) is 34.6. The average molecular weight is 672 g/mol. The van der Waals surface area contributed by atoms with E-state index < -0.39 is 0 Å². The van der Waals surface area contributed by atoms with E-state index in [1.807, 2.05) is 0 Å². The number of aryl methyl sites for hydroxylation is 1. The SMILES string of the molecule is [CH2]CCc1cc(OCCCCCCCCCCCC)c(OCCCCCCCCCCCC)c(OCCCCCCCCCCCC)c1. The number of hydrogen-bond acceptors (Lipinski definition) is 3. The molecule has 0 amide bonds. The molecular weight excluding hydrogens is 588 g/mol. The third-order valence-corrected chi connectivity index (χ3v) is 9.80. The Kier molecular flexibility index (Phi) is 33.0. The summed E-state index contributed by atoms with van der Waals surface area (Å²) in [4.78, 5) is 0. The fourth-order valence-electron chi connectivity index (χ4n) is 6.64. The minimum absolute atomic E-state index is 0.731. The number of hydrogen-bond donors (Lipinski definition) is 0. The Hall–Kier alpha value is -1.38. The third-order valence-electron chi connectivity index (χ3n) is 9.80. The van der Waals surface area contributed by atoms with Crippen molar-refractivity contribution in [3.05, 3.63) is 24.6 Å². The van der Waals surface area contributed by atoms with Gasteiger partial charge in [0.1, 0.15) is 0 Å². The molecule has 281 valence electrons. The van der Waals surface area contributed by atoms with Gasteiger partial charge in [0.25, 0.3) is 0 Å². The minimum atomic E-state index is 0.731. The van der Waals surface area contributed by atoms with Gasteiger partial charge in [-0.1, -0.05) is 201 Å². The lowest BCUT2D eigenvalue weighted by Gasteiger charge is -2.19. The normalized spacial score (nSPS) is 11.3. The van der Waals surface area contributed by atoms with Crippen molar-refractivity contribution in [2.24, 2.45) is 0 Å². The third kappa shape index (κ3) is 26.5. The highest BCUT2D eigenvalue weighted by Gasteiger charge is 2.16. The zero-order valence-electron chi connectivity index (χ0n) is 32.8. The Bertz CT molecular complexity index is 743. The van der Waals surface area contributed by atoms with Gasteiger partial charge in [-0.3, -0.25) is 0 Å². The fraction of sp³-hybridized carbons (Fsp3) is 0.844. The fourth-order valence-corrected chi connectivity index (χ4v) is 6.64. The van der Waals surface area contributed by atoms with Crippen LogP contribution in [0, 0.1) is 6.92 Å². The lowest BCUT2D eigenvalue weighted by molar-refractivity contribution is 0.234. The Balaban J connectivity index is 2.59. The molecule has 1 radical (unpaired) electrons. The van der Waals surface area contributed by atoms with Crippen LogP contribution in [0.3, 0.4) is 0 Å². The molecule has 0 aromatic heterocycles. The van der Waals surface area contributed by atoms with Crippen LogP contribution >= 0.6 is 0 Å². The molecule has 0 unspecified atom stereocenters. The maximum atomic E-state index is 6.51. The second-order valence-electron chi connectivity index (χ2n) is 14.6. The molecule has 0 bridgehead atoms. The topological polar surface area (TPSA) is 27.7 Å². The Morgan fingerprint density at radius 2 is 0.646 bits per heavy atom. The summed E-state index contributed by atoms with van der Waals surface area (Å²) >= 11 is 0. The first-order valence-corrected chi connectivity index (χ1v) is 21.6. The molecule has 1 rings (SSSR count). The molecular formula is C45H83O3. The van der Waals surface area contributed by atoms with Crippen LogP contribution in [0.15, 0.2) is 12.1 Å². The van der Waals surface area contributed by atoms with Gasteiger partial charge < -0.3 is 14.2 Å². The Morgan fingerprint density at radius 1 is 0.375 bits per heavy atom. The predicted molar refractivity (Wildman–Crippen MR) is 212 cm³/mol. The minimum Gasteiger partial charge on any atom is -0.490 e. The molecule has 3 nitrogen and oxygen atoms in total. The number of rotatable bonds is 38. The molecule has 48 heavy (non-hydrogen) atoms. The van der Waals surface area contributed by atoms with Gasteiger partial charge in [-0.05, 0) is 49.8 Å². The highest BCUT2D eigenvalue weighted by molar-refractivity contribution is 5.54. The molecule has 0 aliphatic heterocycles. The van der Waals surface area contributed by atoms with Crippen molar-refractivity contribution in [1.82, 2.24) is 0 Å². The number of ether oxygens (including phenoxy) is 3. The summed E-state index contributed by atoms with van der Waals surface area (Å²) in [7, 11) is 0. The molecule has 3 heteroatoms. The van der Waals surface area contributed by atoms with E-state index in [2.05, 4.69) is 39.8 Å². The summed E-state index contributed by atoms with van der Waals surface area (Å²) in [6.07, 6.45) is 41.8. The first-order valence-electron chi connectivity index (χ1n) is 21.6. The van der Waals surface area contributed by atoms with Gasteiger partial charge in [0.05, 0.1) is 19.8 Å². The zero-order valence-corrected chi connectivity index (χ0v) is 32.8. The highest BCUT2D eigenvalue weighted by atomic mass is 16.5. The van der Waals surface area contributed by atoms with Gasteiger partial charge in [0.2, 0.25) is 5.75 Å². The number of unbranched alkanes of at least 4 members (excludes halogenated alkanes) is 27. The van der Waals surface area contributed by atoms with Crippen molar-refractivity contribution in [3.8, 4) is 17.2 Å². The van der Waals surface area contributed by atoms with Gasteiger partial charge in [0.15, 0.2) is 11.5 Å². The van der Waals surface area contributed by atoms with E-state index in [1.165, 1.54) is 179 Å². The molecule has 1 aromatic rings. The summed E-state index contributed by atoms with van der Waals surface area (Å²) in [5, 5.41) is 0. The smallest absolute Gasteiger partial charge is 0.203 e. The largest absolute Gasteiger partial charge is 0.490 e. The summed E-state index contributed by atoms with van der Waals surface area (Å²) in [6, 6.07) is 4.39. The molecule has 0 heterocycles. The van der Waals surface area contributed by atoms with Gasteiger partial charge in [-0.15, -0.1) is 0 Å². The van der Waals surface area contributed by atoms with E-state index in [0.717, 1.165) is 69.2 Å². The summed E-state index contributed by atoms with van der Waals surface area (Å²) in [5.74, 6) is 2.59. The molecule has 0 aliphatic rings. The van der Waals surface area contributed by atoms with Crippen LogP contribution in [-0.4, -0.2) is 19.8 Å².